The maximum atomic E-state index is 12.3. The van der Waals surface area contributed by atoms with E-state index in [-0.39, 0.29) is 24.3 Å². The van der Waals surface area contributed by atoms with Crippen LogP contribution in [0, 0.1) is 0 Å². The maximum Gasteiger partial charge on any atom is 0.319 e. The van der Waals surface area contributed by atoms with Gasteiger partial charge in [0, 0.05) is 26.8 Å². The molecular formula is C15H21N3O3. The van der Waals surface area contributed by atoms with Crippen LogP contribution in [0.15, 0.2) is 24.5 Å². The number of rotatable bonds is 2. The number of morpholine rings is 1. The van der Waals surface area contributed by atoms with Gasteiger partial charge in [0.05, 0.1) is 18.8 Å². The molecule has 1 saturated heterocycles. The number of hydrogen-bond donors (Lipinski definition) is 0. The van der Waals surface area contributed by atoms with Crippen LogP contribution in [0.2, 0.25) is 0 Å². The number of urea groups is 1. The summed E-state index contributed by atoms with van der Waals surface area (Å²) in [4.78, 5) is 19.9. The van der Waals surface area contributed by atoms with Crippen LogP contribution < -0.4 is 4.74 Å². The van der Waals surface area contributed by atoms with Gasteiger partial charge in [0.1, 0.15) is 18.0 Å². The zero-order valence-electron chi connectivity index (χ0n) is 12.4. The van der Waals surface area contributed by atoms with Gasteiger partial charge in [-0.2, -0.15) is 0 Å². The highest BCUT2D eigenvalue weighted by atomic mass is 16.5. The summed E-state index contributed by atoms with van der Waals surface area (Å²) >= 11 is 0. The molecule has 114 valence electrons. The number of amides is 2. The Morgan fingerprint density at radius 3 is 3.05 bits per heavy atom. The fraction of sp³-hybridized carbons (Fsp3) is 0.600. The summed E-state index contributed by atoms with van der Waals surface area (Å²) in [5, 5.41) is 0. The first-order valence-corrected chi connectivity index (χ1v) is 7.33. The molecule has 0 radical (unpaired) electrons. The minimum Gasteiger partial charge on any atom is -0.486 e. The molecule has 1 aromatic heterocycles. The van der Waals surface area contributed by atoms with E-state index in [1.807, 2.05) is 17.0 Å². The van der Waals surface area contributed by atoms with Crippen molar-refractivity contribution in [2.45, 2.75) is 31.1 Å². The predicted octanol–water partition coefficient (Wildman–Crippen LogP) is 1.37. The monoisotopic (exact) mass is 291 g/mol. The highest BCUT2D eigenvalue weighted by Crippen LogP contribution is 2.33. The average Bonchev–Trinajstić information content (AvgIpc) is 2.90. The van der Waals surface area contributed by atoms with Crippen molar-refractivity contribution in [3.8, 4) is 5.75 Å². The van der Waals surface area contributed by atoms with Crippen LogP contribution >= 0.6 is 0 Å². The second-order valence-corrected chi connectivity index (χ2v) is 5.70. The molecular weight excluding hydrogens is 270 g/mol. The molecule has 1 aliphatic carbocycles. The molecule has 6 heteroatoms. The molecule has 1 aromatic rings. The van der Waals surface area contributed by atoms with Crippen molar-refractivity contribution in [3.05, 3.63) is 24.5 Å². The summed E-state index contributed by atoms with van der Waals surface area (Å²) in [6.07, 6.45) is 5.16. The third-order valence-electron chi connectivity index (χ3n) is 4.09. The number of carbonyl (C=O) groups is 1. The number of fused-ring (bicyclic) bond motifs is 1. The quantitative estimate of drug-likeness (QED) is 0.826. The van der Waals surface area contributed by atoms with Gasteiger partial charge in [-0.05, 0) is 25.0 Å². The number of pyridine rings is 1. The van der Waals surface area contributed by atoms with Crippen molar-refractivity contribution < 1.29 is 14.3 Å². The first kappa shape index (κ1) is 14.1. The number of ether oxygens (including phenoxy) is 2. The summed E-state index contributed by atoms with van der Waals surface area (Å²) in [6, 6.07) is 3.91. The Kier molecular flexibility index (Phi) is 3.96. The first-order chi connectivity index (χ1) is 10.2. The Balaban J connectivity index is 1.70. The van der Waals surface area contributed by atoms with Gasteiger partial charge in [-0.1, -0.05) is 0 Å². The highest BCUT2D eigenvalue weighted by molar-refractivity contribution is 5.74. The summed E-state index contributed by atoms with van der Waals surface area (Å²) in [5.74, 6) is 0.753. The SMILES string of the molecule is CN(C)C(=O)N1CCO[C@H]2[C@@H](Oc3cccnc3)CC[C@H]21. The van der Waals surface area contributed by atoms with Crippen molar-refractivity contribution >= 4 is 6.03 Å². The molecule has 3 atom stereocenters. The molecule has 0 aromatic carbocycles. The van der Waals surface area contributed by atoms with Crippen molar-refractivity contribution in [1.82, 2.24) is 14.8 Å². The molecule has 0 unspecified atom stereocenters. The number of carbonyl (C=O) groups excluding carboxylic acids is 1. The van der Waals surface area contributed by atoms with E-state index in [4.69, 9.17) is 9.47 Å². The van der Waals surface area contributed by atoms with E-state index in [9.17, 15) is 4.79 Å². The minimum atomic E-state index is -0.0529. The second-order valence-electron chi connectivity index (χ2n) is 5.70. The third-order valence-corrected chi connectivity index (χ3v) is 4.09. The number of aromatic nitrogens is 1. The zero-order valence-corrected chi connectivity index (χ0v) is 12.4. The lowest BCUT2D eigenvalue weighted by Gasteiger charge is -2.40. The normalized spacial score (nSPS) is 28.1. The molecule has 0 N–H and O–H groups in total. The number of nitrogens with zero attached hydrogens (tertiary/aromatic N) is 3. The third kappa shape index (κ3) is 2.81. The molecule has 3 rings (SSSR count). The Bertz CT molecular complexity index is 494. The van der Waals surface area contributed by atoms with Gasteiger partial charge in [-0.3, -0.25) is 4.98 Å². The standard InChI is InChI=1S/C15H21N3O3/c1-17(2)15(19)18-8-9-20-14-12(18)5-6-13(14)21-11-4-3-7-16-10-11/h3-4,7,10,12-14H,5-6,8-9H2,1-2H3/t12-,13+,14-/m1/s1. The Hall–Kier alpha value is -1.82. The van der Waals surface area contributed by atoms with Gasteiger partial charge in [0.2, 0.25) is 0 Å². The van der Waals surface area contributed by atoms with E-state index in [1.165, 1.54) is 0 Å². The topological polar surface area (TPSA) is 54.9 Å². The van der Waals surface area contributed by atoms with Gasteiger partial charge in [-0.25, -0.2) is 4.79 Å². The molecule has 21 heavy (non-hydrogen) atoms. The molecule has 2 fully saturated rings. The summed E-state index contributed by atoms with van der Waals surface area (Å²) in [7, 11) is 3.57. The van der Waals surface area contributed by atoms with Crippen LogP contribution in [-0.4, -0.2) is 66.3 Å². The van der Waals surface area contributed by atoms with E-state index in [0.29, 0.717) is 13.2 Å². The largest absolute Gasteiger partial charge is 0.486 e. The molecule has 2 aliphatic rings. The molecule has 0 bridgehead atoms. The minimum absolute atomic E-state index is 0.0167. The van der Waals surface area contributed by atoms with Crippen molar-refractivity contribution in [2.75, 3.05) is 27.2 Å². The molecule has 0 spiro atoms. The molecule has 6 nitrogen and oxygen atoms in total. The van der Waals surface area contributed by atoms with E-state index >= 15 is 0 Å². The second kappa shape index (κ2) is 5.89. The van der Waals surface area contributed by atoms with Crippen molar-refractivity contribution in [2.24, 2.45) is 0 Å². The highest BCUT2D eigenvalue weighted by Gasteiger charge is 2.46. The van der Waals surface area contributed by atoms with Gasteiger partial charge >= 0.3 is 6.03 Å². The molecule has 1 aliphatic heterocycles. The summed E-state index contributed by atoms with van der Waals surface area (Å²) in [6.45, 7) is 1.21. The maximum absolute atomic E-state index is 12.3. The van der Waals surface area contributed by atoms with Gasteiger partial charge in [-0.15, -0.1) is 0 Å². The fourth-order valence-corrected chi connectivity index (χ4v) is 3.13. The van der Waals surface area contributed by atoms with E-state index < -0.39 is 0 Å². The van der Waals surface area contributed by atoms with Gasteiger partial charge < -0.3 is 19.3 Å². The smallest absolute Gasteiger partial charge is 0.319 e. The average molecular weight is 291 g/mol. The Labute approximate surface area is 124 Å². The van der Waals surface area contributed by atoms with Gasteiger partial charge in [0.15, 0.2) is 0 Å². The van der Waals surface area contributed by atoms with E-state index in [2.05, 4.69) is 4.98 Å². The van der Waals surface area contributed by atoms with E-state index in [1.54, 1.807) is 31.4 Å². The zero-order chi connectivity index (χ0) is 14.8. The molecule has 2 heterocycles. The van der Waals surface area contributed by atoms with Crippen LogP contribution in [0.25, 0.3) is 0 Å². The lowest BCUT2D eigenvalue weighted by molar-refractivity contribution is -0.0778. The van der Waals surface area contributed by atoms with Crippen LogP contribution in [0.5, 0.6) is 5.75 Å². The van der Waals surface area contributed by atoms with Crippen LogP contribution in [0.1, 0.15) is 12.8 Å². The lowest BCUT2D eigenvalue weighted by Crippen LogP contribution is -2.56. The summed E-state index contributed by atoms with van der Waals surface area (Å²) < 4.78 is 11.9. The van der Waals surface area contributed by atoms with Crippen LogP contribution in [0.3, 0.4) is 0 Å². The molecule has 1 saturated carbocycles. The Morgan fingerprint density at radius 2 is 2.33 bits per heavy atom. The Morgan fingerprint density at radius 1 is 1.48 bits per heavy atom. The predicted molar refractivity (Wildman–Crippen MR) is 77.2 cm³/mol. The van der Waals surface area contributed by atoms with Crippen LogP contribution in [-0.2, 0) is 4.74 Å². The number of hydrogen-bond acceptors (Lipinski definition) is 4. The lowest BCUT2D eigenvalue weighted by atomic mass is 10.1. The fourth-order valence-electron chi connectivity index (χ4n) is 3.13. The van der Waals surface area contributed by atoms with Crippen LogP contribution in [0.4, 0.5) is 4.79 Å². The summed E-state index contributed by atoms with van der Waals surface area (Å²) in [5.41, 5.74) is 0. The molecule has 2 amide bonds. The van der Waals surface area contributed by atoms with Crippen molar-refractivity contribution in [3.63, 3.8) is 0 Å². The van der Waals surface area contributed by atoms with Crippen molar-refractivity contribution in [1.29, 1.82) is 0 Å². The van der Waals surface area contributed by atoms with Gasteiger partial charge in [0.25, 0.3) is 0 Å². The van der Waals surface area contributed by atoms with E-state index in [0.717, 1.165) is 18.6 Å². The first-order valence-electron chi connectivity index (χ1n) is 7.33.